The number of ether oxygens (including phenoxy) is 2. The van der Waals surface area contributed by atoms with Gasteiger partial charge in [-0.2, -0.15) is 9.78 Å². The Hall–Kier alpha value is -3.90. The molecule has 0 amide bonds. The highest BCUT2D eigenvalue weighted by Crippen LogP contribution is 2.34. The predicted octanol–water partition coefficient (Wildman–Crippen LogP) is 5.17. The highest BCUT2D eigenvalue weighted by atomic mass is 35.5. The van der Waals surface area contributed by atoms with Crippen molar-refractivity contribution in [2.45, 2.75) is 0 Å². The lowest BCUT2D eigenvalue weighted by molar-refractivity contribution is 0.326. The summed E-state index contributed by atoms with van der Waals surface area (Å²) in [4.78, 5) is 18.0. The predicted molar refractivity (Wildman–Crippen MR) is 128 cm³/mol. The molecule has 1 heterocycles. The van der Waals surface area contributed by atoms with Crippen LogP contribution in [0, 0.1) is 0 Å². The first-order valence-electron chi connectivity index (χ1n) is 9.85. The second kappa shape index (κ2) is 9.49. The van der Waals surface area contributed by atoms with Gasteiger partial charge in [0.05, 0.1) is 24.2 Å². The first kappa shape index (κ1) is 21.3. The summed E-state index contributed by atoms with van der Waals surface area (Å²) >= 11 is 6.25. The smallest absolute Gasteiger partial charge is 0.282 e. The SMILES string of the molecule is C=CCOc1c(C=Nn2c(-c3ccccc3)nc3ccccc3c2=O)cc(Cl)cc1OC. The van der Waals surface area contributed by atoms with Gasteiger partial charge in [0.15, 0.2) is 17.3 Å². The van der Waals surface area contributed by atoms with Crippen LogP contribution in [0.5, 0.6) is 11.5 Å². The lowest BCUT2D eigenvalue weighted by Gasteiger charge is -2.13. The quantitative estimate of drug-likeness (QED) is 0.290. The van der Waals surface area contributed by atoms with Crippen molar-refractivity contribution in [1.29, 1.82) is 0 Å². The van der Waals surface area contributed by atoms with E-state index in [4.69, 9.17) is 26.1 Å². The van der Waals surface area contributed by atoms with E-state index in [-0.39, 0.29) is 12.2 Å². The van der Waals surface area contributed by atoms with Gasteiger partial charge in [0, 0.05) is 22.2 Å². The molecule has 0 aliphatic carbocycles. The minimum Gasteiger partial charge on any atom is -0.493 e. The molecular weight excluding hydrogens is 426 g/mol. The molecule has 0 unspecified atom stereocenters. The van der Waals surface area contributed by atoms with Gasteiger partial charge in [-0.05, 0) is 18.2 Å². The summed E-state index contributed by atoms with van der Waals surface area (Å²) in [6, 6.07) is 19.9. The van der Waals surface area contributed by atoms with Gasteiger partial charge in [0.25, 0.3) is 5.56 Å². The molecule has 7 heteroatoms. The van der Waals surface area contributed by atoms with Crippen LogP contribution in [0.4, 0.5) is 0 Å². The Balaban J connectivity index is 1.92. The summed E-state index contributed by atoms with van der Waals surface area (Å²) < 4.78 is 12.5. The number of halogens is 1. The maximum absolute atomic E-state index is 13.3. The van der Waals surface area contributed by atoms with E-state index in [1.54, 1.807) is 36.4 Å². The lowest BCUT2D eigenvalue weighted by Crippen LogP contribution is -2.20. The number of hydrogen-bond donors (Lipinski definition) is 0. The Morgan fingerprint density at radius 2 is 1.88 bits per heavy atom. The molecule has 4 rings (SSSR count). The molecule has 6 nitrogen and oxygen atoms in total. The summed E-state index contributed by atoms with van der Waals surface area (Å²) in [5.74, 6) is 1.32. The highest BCUT2D eigenvalue weighted by Gasteiger charge is 2.14. The zero-order valence-electron chi connectivity index (χ0n) is 17.4. The number of methoxy groups -OCH3 is 1. The fourth-order valence-electron chi connectivity index (χ4n) is 3.26. The number of para-hydroxylation sites is 1. The summed E-state index contributed by atoms with van der Waals surface area (Å²) in [5.41, 5.74) is 1.63. The maximum atomic E-state index is 13.3. The number of hydrogen-bond acceptors (Lipinski definition) is 5. The van der Waals surface area contributed by atoms with Gasteiger partial charge < -0.3 is 9.47 Å². The van der Waals surface area contributed by atoms with Gasteiger partial charge in [-0.15, -0.1) is 0 Å². The molecule has 0 atom stereocenters. The van der Waals surface area contributed by atoms with Crippen LogP contribution in [0.3, 0.4) is 0 Å². The van der Waals surface area contributed by atoms with Gasteiger partial charge >= 0.3 is 0 Å². The largest absolute Gasteiger partial charge is 0.493 e. The van der Waals surface area contributed by atoms with Crippen molar-refractivity contribution in [1.82, 2.24) is 9.66 Å². The van der Waals surface area contributed by atoms with Crippen molar-refractivity contribution in [2.75, 3.05) is 13.7 Å². The second-order valence-electron chi connectivity index (χ2n) is 6.81. The van der Waals surface area contributed by atoms with Crippen molar-refractivity contribution in [2.24, 2.45) is 5.10 Å². The van der Waals surface area contributed by atoms with Gasteiger partial charge in [0.1, 0.15) is 6.61 Å². The third-order valence-corrected chi connectivity index (χ3v) is 4.93. The fourth-order valence-corrected chi connectivity index (χ4v) is 3.47. The molecule has 0 fully saturated rings. The number of benzene rings is 3. The second-order valence-corrected chi connectivity index (χ2v) is 7.24. The molecule has 0 aliphatic heterocycles. The van der Waals surface area contributed by atoms with Crippen molar-refractivity contribution in [3.8, 4) is 22.9 Å². The Morgan fingerprint density at radius 3 is 2.62 bits per heavy atom. The molecule has 0 bridgehead atoms. The van der Waals surface area contributed by atoms with Crippen molar-refractivity contribution in [3.63, 3.8) is 0 Å². The molecule has 0 saturated carbocycles. The van der Waals surface area contributed by atoms with Gasteiger partial charge in [-0.3, -0.25) is 4.79 Å². The first-order chi connectivity index (χ1) is 15.6. The normalized spacial score (nSPS) is 11.1. The van der Waals surface area contributed by atoms with Crippen LogP contribution in [0.1, 0.15) is 5.56 Å². The highest BCUT2D eigenvalue weighted by molar-refractivity contribution is 6.31. The fraction of sp³-hybridized carbons (Fsp3) is 0.0800. The molecule has 0 radical (unpaired) electrons. The molecule has 1 aromatic heterocycles. The summed E-state index contributed by atoms with van der Waals surface area (Å²) in [5, 5.41) is 5.40. The van der Waals surface area contributed by atoms with E-state index in [9.17, 15) is 4.79 Å². The summed E-state index contributed by atoms with van der Waals surface area (Å²) in [7, 11) is 1.53. The van der Waals surface area contributed by atoms with Gasteiger partial charge in [0.2, 0.25) is 0 Å². The molecule has 0 spiro atoms. The summed E-state index contributed by atoms with van der Waals surface area (Å²) in [6.07, 6.45) is 3.14. The van der Waals surface area contributed by atoms with Crippen molar-refractivity contribution >= 4 is 28.7 Å². The van der Waals surface area contributed by atoms with Crippen LogP contribution in [-0.2, 0) is 0 Å². The van der Waals surface area contributed by atoms with Crippen molar-refractivity contribution in [3.05, 3.63) is 100 Å². The third-order valence-electron chi connectivity index (χ3n) is 4.71. The summed E-state index contributed by atoms with van der Waals surface area (Å²) in [6.45, 7) is 3.95. The Morgan fingerprint density at radius 1 is 1.12 bits per heavy atom. The standard InChI is InChI=1S/C25H20ClN3O3/c1-3-13-32-23-18(14-19(26)15-22(23)31-2)16-27-29-24(17-9-5-4-6-10-17)28-21-12-8-7-11-20(21)25(29)30/h3-12,14-16H,1,13H2,2H3. The molecule has 32 heavy (non-hydrogen) atoms. The third kappa shape index (κ3) is 4.26. The number of fused-ring (bicyclic) bond motifs is 1. The van der Waals surface area contributed by atoms with Crippen molar-refractivity contribution < 1.29 is 9.47 Å². The molecular formula is C25H20ClN3O3. The van der Waals surface area contributed by atoms with E-state index in [0.29, 0.717) is 38.8 Å². The number of rotatable bonds is 7. The van der Waals surface area contributed by atoms with E-state index in [1.807, 2.05) is 36.4 Å². The van der Waals surface area contributed by atoms with Crippen LogP contribution in [0.25, 0.3) is 22.3 Å². The topological polar surface area (TPSA) is 65.7 Å². The number of aromatic nitrogens is 2. The van der Waals surface area contributed by atoms with E-state index in [0.717, 1.165) is 5.56 Å². The molecule has 160 valence electrons. The molecule has 0 aliphatic rings. The van der Waals surface area contributed by atoms with Crippen LogP contribution in [0.15, 0.2) is 89.3 Å². The van der Waals surface area contributed by atoms with Crippen LogP contribution in [-0.4, -0.2) is 29.6 Å². The monoisotopic (exact) mass is 445 g/mol. The lowest BCUT2D eigenvalue weighted by atomic mass is 10.2. The average Bonchev–Trinajstić information content (AvgIpc) is 2.82. The van der Waals surface area contributed by atoms with E-state index < -0.39 is 0 Å². The molecule has 4 aromatic rings. The minimum atomic E-state index is -0.284. The zero-order valence-corrected chi connectivity index (χ0v) is 18.1. The molecule has 3 aromatic carbocycles. The Kier molecular flexibility index (Phi) is 6.33. The van der Waals surface area contributed by atoms with E-state index in [1.165, 1.54) is 18.0 Å². The van der Waals surface area contributed by atoms with Gasteiger partial charge in [-0.25, -0.2) is 4.98 Å². The average molecular weight is 446 g/mol. The zero-order chi connectivity index (χ0) is 22.5. The molecule has 0 saturated heterocycles. The van der Waals surface area contributed by atoms with Gasteiger partial charge in [-0.1, -0.05) is 66.7 Å². The van der Waals surface area contributed by atoms with E-state index in [2.05, 4.69) is 11.7 Å². The van der Waals surface area contributed by atoms with Crippen LogP contribution in [0.2, 0.25) is 5.02 Å². The Labute approximate surface area is 190 Å². The molecule has 0 N–H and O–H groups in total. The first-order valence-corrected chi connectivity index (χ1v) is 10.2. The maximum Gasteiger partial charge on any atom is 0.282 e. The number of nitrogens with zero attached hydrogens (tertiary/aromatic N) is 3. The van der Waals surface area contributed by atoms with Crippen LogP contribution >= 0.6 is 11.6 Å². The van der Waals surface area contributed by atoms with E-state index >= 15 is 0 Å². The minimum absolute atomic E-state index is 0.269. The Bertz CT molecular complexity index is 1360. The van der Waals surface area contributed by atoms with Crippen LogP contribution < -0.4 is 15.0 Å².